The quantitative estimate of drug-likeness (QED) is 0.407. The Balaban J connectivity index is 1.44. The van der Waals surface area contributed by atoms with Crippen molar-refractivity contribution in [2.24, 2.45) is 0 Å². The second-order valence-corrected chi connectivity index (χ2v) is 8.49. The Morgan fingerprint density at radius 2 is 1.85 bits per heavy atom. The summed E-state index contributed by atoms with van der Waals surface area (Å²) in [5.41, 5.74) is 1.14. The molecule has 0 radical (unpaired) electrons. The second-order valence-electron chi connectivity index (χ2n) is 6.08. The summed E-state index contributed by atoms with van der Waals surface area (Å²) in [6.45, 7) is 0.972. The minimum absolute atomic E-state index is 0.505. The van der Waals surface area contributed by atoms with Crippen molar-refractivity contribution in [1.82, 2.24) is 19.1 Å². The maximum atomic E-state index is 4.18. The number of thioether (sulfide) groups is 1. The number of hydrogen-bond donors (Lipinski definition) is 0. The van der Waals surface area contributed by atoms with Crippen molar-refractivity contribution >= 4 is 23.1 Å². The van der Waals surface area contributed by atoms with Gasteiger partial charge in [-0.2, -0.15) is 0 Å². The van der Waals surface area contributed by atoms with Crippen molar-refractivity contribution in [2.75, 3.05) is 0 Å². The lowest BCUT2D eigenvalue weighted by Crippen LogP contribution is -2.13. The van der Waals surface area contributed by atoms with E-state index in [1.165, 1.54) is 9.77 Å². The average Bonchev–Trinajstić information content (AvgIpc) is 3.43. The van der Waals surface area contributed by atoms with Crippen LogP contribution in [0.15, 0.2) is 84.1 Å². The van der Waals surface area contributed by atoms with Crippen LogP contribution in [0.25, 0.3) is 5.69 Å². The maximum absolute atomic E-state index is 4.18. The molecule has 132 valence electrons. The van der Waals surface area contributed by atoms with E-state index in [1.807, 2.05) is 58.9 Å². The number of aryl methyl sites for hydroxylation is 1. The lowest BCUT2D eigenvalue weighted by Gasteiger charge is -2.17. The Morgan fingerprint density at radius 1 is 1.00 bits per heavy atom. The molecule has 4 nitrogen and oxygen atoms in total. The monoisotopic (exact) mass is 380 g/mol. The van der Waals surface area contributed by atoms with E-state index in [4.69, 9.17) is 0 Å². The molecular formula is C20H20N4S2. The van der Waals surface area contributed by atoms with Crippen LogP contribution in [0, 0.1) is 0 Å². The van der Waals surface area contributed by atoms with Gasteiger partial charge in [-0.3, -0.25) is 0 Å². The molecule has 1 atom stereocenters. The summed E-state index contributed by atoms with van der Waals surface area (Å²) in [5, 5.41) is 2.66. The molecule has 0 bridgehead atoms. The van der Waals surface area contributed by atoms with Crippen molar-refractivity contribution in [2.45, 2.75) is 29.5 Å². The zero-order valence-corrected chi connectivity index (χ0v) is 15.9. The van der Waals surface area contributed by atoms with E-state index >= 15 is 0 Å². The number of nitrogens with zero attached hydrogens (tertiary/aromatic N) is 4. The van der Waals surface area contributed by atoms with Crippen LogP contribution in [0.3, 0.4) is 0 Å². The third-order valence-electron chi connectivity index (χ3n) is 4.21. The van der Waals surface area contributed by atoms with E-state index in [0.29, 0.717) is 5.25 Å². The Kier molecular flexibility index (Phi) is 5.52. The predicted octanol–water partition coefficient (Wildman–Crippen LogP) is 4.92. The molecule has 26 heavy (non-hydrogen) atoms. The normalized spacial score (nSPS) is 12.3. The van der Waals surface area contributed by atoms with Gasteiger partial charge in [0, 0.05) is 52.0 Å². The molecule has 1 unspecified atom stereocenters. The molecule has 0 spiro atoms. The van der Waals surface area contributed by atoms with Crippen molar-refractivity contribution in [1.29, 1.82) is 0 Å². The van der Waals surface area contributed by atoms with Crippen LogP contribution < -0.4 is 0 Å². The minimum atomic E-state index is 0.505. The highest BCUT2D eigenvalue weighted by molar-refractivity contribution is 8.00. The molecule has 0 aliphatic carbocycles. The highest BCUT2D eigenvalue weighted by atomic mass is 32.2. The van der Waals surface area contributed by atoms with E-state index in [0.717, 1.165) is 25.1 Å². The summed E-state index contributed by atoms with van der Waals surface area (Å²) in [7, 11) is 0. The van der Waals surface area contributed by atoms with Crippen LogP contribution in [0.4, 0.5) is 0 Å². The Labute approximate surface area is 161 Å². The zero-order chi connectivity index (χ0) is 17.6. The fourth-order valence-corrected chi connectivity index (χ4v) is 4.76. The number of rotatable bonds is 8. The van der Waals surface area contributed by atoms with Gasteiger partial charge in [0.1, 0.15) is 0 Å². The molecular weight excluding hydrogens is 360 g/mol. The van der Waals surface area contributed by atoms with Crippen LogP contribution in [-0.2, 0) is 13.0 Å². The van der Waals surface area contributed by atoms with E-state index in [9.17, 15) is 0 Å². The molecule has 6 heteroatoms. The average molecular weight is 381 g/mol. The number of imidazole rings is 2. The Bertz CT molecular complexity index is 882. The Hall–Kier alpha value is -2.31. The van der Waals surface area contributed by atoms with E-state index < -0.39 is 0 Å². The van der Waals surface area contributed by atoms with Gasteiger partial charge in [0.05, 0.1) is 12.7 Å². The molecule has 0 saturated carbocycles. The van der Waals surface area contributed by atoms with Crippen molar-refractivity contribution in [3.63, 3.8) is 0 Å². The van der Waals surface area contributed by atoms with E-state index in [1.54, 1.807) is 6.20 Å². The fraction of sp³-hybridized carbons (Fsp3) is 0.200. The molecule has 1 aromatic carbocycles. The summed E-state index contributed by atoms with van der Waals surface area (Å²) in [6.07, 6.45) is 13.6. The SMILES string of the molecule is c1csc(CCC(Cn2ccnc2)Sc2ccc(-n3ccnc3)cc2)c1. The largest absolute Gasteiger partial charge is 0.336 e. The van der Waals surface area contributed by atoms with Gasteiger partial charge in [-0.15, -0.1) is 23.1 Å². The summed E-state index contributed by atoms with van der Waals surface area (Å²) < 4.78 is 4.19. The molecule has 3 heterocycles. The molecule has 4 rings (SSSR count). The van der Waals surface area contributed by atoms with Crippen molar-refractivity contribution in [3.8, 4) is 5.69 Å². The zero-order valence-electron chi connectivity index (χ0n) is 14.3. The topological polar surface area (TPSA) is 35.6 Å². The first kappa shape index (κ1) is 17.1. The molecule has 3 aromatic heterocycles. The van der Waals surface area contributed by atoms with Gasteiger partial charge in [-0.05, 0) is 48.6 Å². The van der Waals surface area contributed by atoms with Crippen LogP contribution in [0.1, 0.15) is 11.3 Å². The van der Waals surface area contributed by atoms with Crippen LogP contribution in [-0.4, -0.2) is 24.4 Å². The molecule has 0 N–H and O–H groups in total. The number of aromatic nitrogens is 4. The fourth-order valence-electron chi connectivity index (χ4n) is 2.88. The highest BCUT2D eigenvalue weighted by Crippen LogP contribution is 2.29. The second kappa shape index (κ2) is 8.38. The first-order chi connectivity index (χ1) is 12.9. The van der Waals surface area contributed by atoms with Gasteiger partial charge in [-0.25, -0.2) is 9.97 Å². The summed E-state index contributed by atoms with van der Waals surface area (Å²) in [4.78, 5) is 11.0. The highest BCUT2D eigenvalue weighted by Gasteiger charge is 2.12. The standard InChI is InChI=1S/C20H20N4S2/c1-2-18(25-13-1)7-8-20(14-23-11-9-21-15-23)26-19-5-3-17(4-6-19)24-12-10-22-16-24/h1-6,9-13,15-16,20H,7-8,14H2. The van der Waals surface area contributed by atoms with Crippen molar-refractivity contribution in [3.05, 3.63) is 84.1 Å². The third-order valence-corrected chi connectivity index (χ3v) is 6.41. The van der Waals surface area contributed by atoms with E-state index in [2.05, 4.69) is 56.3 Å². The predicted molar refractivity (Wildman–Crippen MR) is 108 cm³/mol. The number of hydrogen-bond acceptors (Lipinski definition) is 4. The van der Waals surface area contributed by atoms with Gasteiger partial charge in [0.2, 0.25) is 0 Å². The van der Waals surface area contributed by atoms with Gasteiger partial charge in [-0.1, -0.05) is 6.07 Å². The summed E-state index contributed by atoms with van der Waals surface area (Å²) >= 11 is 3.79. The molecule has 0 fully saturated rings. The van der Waals surface area contributed by atoms with Gasteiger partial charge in [0.15, 0.2) is 0 Å². The lowest BCUT2D eigenvalue weighted by atomic mass is 10.2. The van der Waals surface area contributed by atoms with Crippen LogP contribution >= 0.6 is 23.1 Å². The molecule has 0 amide bonds. The number of benzene rings is 1. The van der Waals surface area contributed by atoms with Crippen molar-refractivity contribution < 1.29 is 0 Å². The molecule has 0 aliphatic heterocycles. The summed E-state index contributed by atoms with van der Waals surface area (Å²) in [6, 6.07) is 13.1. The molecule has 0 aliphatic rings. The first-order valence-corrected chi connectivity index (χ1v) is 10.4. The first-order valence-electron chi connectivity index (χ1n) is 8.60. The Morgan fingerprint density at radius 3 is 2.54 bits per heavy atom. The van der Waals surface area contributed by atoms with Gasteiger partial charge >= 0.3 is 0 Å². The number of thiophene rings is 1. The minimum Gasteiger partial charge on any atom is -0.336 e. The van der Waals surface area contributed by atoms with Gasteiger partial charge < -0.3 is 9.13 Å². The van der Waals surface area contributed by atoms with Gasteiger partial charge in [0.25, 0.3) is 0 Å². The summed E-state index contributed by atoms with van der Waals surface area (Å²) in [5.74, 6) is 0. The smallest absolute Gasteiger partial charge is 0.0991 e. The molecule has 0 saturated heterocycles. The lowest BCUT2D eigenvalue weighted by molar-refractivity contribution is 0.626. The van der Waals surface area contributed by atoms with Crippen LogP contribution in [0.2, 0.25) is 0 Å². The van der Waals surface area contributed by atoms with E-state index in [-0.39, 0.29) is 0 Å². The van der Waals surface area contributed by atoms with Crippen LogP contribution in [0.5, 0.6) is 0 Å². The maximum Gasteiger partial charge on any atom is 0.0991 e. The molecule has 4 aromatic rings. The third kappa shape index (κ3) is 4.45.